The lowest BCUT2D eigenvalue weighted by atomic mass is 9.66. The zero-order valence-electron chi connectivity index (χ0n) is 15.3. The Morgan fingerprint density at radius 2 is 1.88 bits per heavy atom. The molecule has 2 aromatic rings. The minimum atomic E-state index is -0.0939. The van der Waals surface area contributed by atoms with Crippen molar-refractivity contribution in [1.29, 1.82) is 0 Å². The van der Waals surface area contributed by atoms with Crippen molar-refractivity contribution in [2.24, 2.45) is 0 Å². The van der Waals surface area contributed by atoms with Crippen LogP contribution in [0.3, 0.4) is 0 Å². The molecule has 25 heavy (non-hydrogen) atoms. The summed E-state index contributed by atoms with van der Waals surface area (Å²) >= 11 is 0. The van der Waals surface area contributed by atoms with Crippen LogP contribution in [0.4, 0.5) is 0 Å². The van der Waals surface area contributed by atoms with Gasteiger partial charge in [-0.25, -0.2) is 4.98 Å². The molecule has 0 spiro atoms. The molecule has 0 unspecified atom stereocenters. The SMILES string of the molecule is CCC1(CC)Cc2ccccc2-c2nc(C[NH+]3CCCC3)[nH]c(=O)c21. The molecule has 4 nitrogen and oxygen atoms in total. The van der Waals surface area contributed by atoms with Gasteiger partial charge in [-0.05, 0) is 24.8 Å². The molecule has 4 rings (SSSR count). The summed E-state index contributed by atoms with van der Waals surface area (Å²) in [7, 11) is 0. The van der Waals surface area contributed by atoms with Crippen LogP contribution in [0, 0.1) is 0 Å². The van der Waals surface area contributed by atoms with E-state index in [1.54, 1.807) is 0 Å². The molecule has 132 valence electrons. The number of quaternary nitrogens is 1. The summed E-state index contributed by atoms with van der Waals surface area (Å²) in [5.74, 6) is 0.846. The predicted octanol–water partition coefficient (Wildman–Crippen LogP) is 2.23. The molecule has 0 saturated carbocycles. The Balaban J connectivity index is 1.87. The molecular weight excluding hydrogens is 310 g/mol. The highest BCUT2D eigenvalue weighted by Gasteiger charge is 2.39. The topological polar surface area (TPSA) is 50.2 Å². The number of nitrogens with one attached hydrogen (secondary N) is 2. The van der Waals surface area contributed by atoms with E-state index in [1.165, 1.54) is 36.4 Å². The van der Waals surface area contributed by atoms with E-state index in [0.29, 0.717) is 0 Å². The number of hydrogen-bond acceptors (Lipinski definition) is 2. The first-order chi connectivity index (χ1) is 12.2. The lowest BCUT2D eigenvalue weighted by molar-refractivity contribution is -0.902. The van der Waals surface area contributed by atoms with E-state index in [2.05, 4.69) is 43.1 Å². The molecule has 0 atom stereocenters. The van der Waals surface area contributed by atoms with Crippen LogP contribution in [0.15, 0.2) is 29.1 Å². The van der Waals surface area contributed by atoms with Crippen LogP contribution in [0.1, 0.15) is 56.5 Å². The lowest BCUT2D eigenvalue weighted by Gasteiger charge is -2.37. The van der Waals surface area contributed by atoms with Gasteiger partial charge in [-0.2, -0.15) is 0 Å². The molecule has 1 aromatic heterocycles. The number of benzene rings is 1. The van der Waals surface area contributed by atoms with Crippen LogP contribution in [0.2, 0.25) is 0 Å². The van der Waals surface area contributed by atoms with Gasteiger partial charge in [0.25, 0.3) is 5.56 Å². The van der Waals surface area contributed by atoms with Crippen LogP contribution in [0.5, 0.6) is 0 Å². The predicted molar refractivity (Wildman–Crippen MR) is 99.9 cm³/mol. The first-order valence-electron chi connectivity index (χ1n) is 9.72. The molecule has 1 aliphatic carbocycles. The molecule has 0 bridgehead atoms. The lowest BCUT2D eigenvalue weighted by Crippen LogP contribution is -3.08. The second kappa shape index (κ2) is 6.41. The van der Waals surface area contributed by atoms with Crippen LogP contribution in [0.25, 0.3) is 11.3 Å². The van der Waals surface area contributed by atoms with Gasteiger partial charge in [0, 0.05) is 23.8 Å². The van der Waals surface area contributed by atoms with Gasteiger partial charge in [0.15, 0.2) is 5.82 Å². The highest BCUT2D eigenvalue weighted by molar-refractivity contribution is 5.71. The quantitative estimate of drug-likeness (QED) is 0.898. The molecule has 2 N–H and O–H groups in total. The minimum Gasteiger partial charge on any atom is -0.329 e. The fourth-order valence-corrected chi connectivity index (χ4v) is 4.79. The summed E-state index contributed by atoms with van der Waals surface area (Å²) in [6.07, 6.45) is 5.42. The number of nitrogens with zero attached hydrogens (tertiary/aromatic N) is 1. The van der Waals surface area contributed by atoms with E-state index in [9.17, 15) is 4.79 Å². The number of fused-ring (bicyclic) bond motifs is 3. The van der Waals surface area contributed by atoms with Gasteiger partial charge < -0.3 is 9.88 Å². The number of hydrogen-bond donors (Lipinski definition) is 2. The van der Waals surface area contributed by atoms with Gasteiger partial charge in [-0.1, -0.05) is 38.1 Å². The maximum Gasteiger partial charge on any atom is 0.255 e. The minimum absolute atomic E-state index is 0.0804. The molecule has 2 aliphatic rings. The van der Waals surface area contributed by atoms with Gasteiger partial charge in [-0.15, -0.1) is 0 Å². The van der Waals surface area contributed by atoms with Crippen molar-refractivity contribution in [3.63, 3.8) is 0 Å². The van der Waals surface area contributed by atoms with E-state index >= 15 is 0 Å². The van der Waals surface area contributed by atoms with Crippen LogP contribution >= 0.6 is 0 Å². The third-order valence-corrected chi connectivity index (χ3v) is 6.38. The Kier molecular flexibility index (Phi) is 4.24. The summed E-state index contributed by atoms with van der Waals surface area (Å²) in [5.41, 5.74) is 4.31. The third kappa shape index (κ3) is 2.73. The highest BCUT2D eigenvalue weighted by Crippen LogP contribution is 2.44. The Bertz CT molecular complexity index is 829. The van der Waals surface area contributed by atoms with Gasteiger partial charge in [-0.3, -0.25) is 4.79 Å². The van der Waals surface area contributed by atoms with Gasteiger partial charge in [0.1, 0.15) is 6.54 Å². The second-order valence-corrected chi connectivity index (χ2v) is 7.69. The van der Waals surface area contributed by atoms with E-state index in [0.717, 1.165) is 48.5 Å². The summed E-state index contributed by atoms with van der Waals surface area (Å²) in [6.45, 7) is 7.60. The summed E-state index contributed by atoms with van der Waals surface area (Å²) in [4.78, 5) is 22.8. The van der Waals surface area contributed by atoms with Crippen LogP contribution < -0.4 is 10.5 Å². The number of H-pyrrole nitrogens is 1. The normalized spacial score (nSPS) is 18.8. The largest absolute Gasteiger partial charge is 0.329 e. The average molecular weight is 338 g/mol. The van der Waals surface area contributed by atoms with Crippen molar-refractivity contribution in [2.75, 3.05) is 13.1 Å². The Labute approximate surface area is 149 Å². The van der Waals surface area contributed by atoms with Crippen molar-refractivity contribution in [2.45, 2.75) is 57.9 Å². The van der Waals surface area contributed by atoms with Crippen molar-refractivity contribution < 1.29 is 4.90 Å². The molecule has 1 aliphatic heterocycles. The smallest absolute Gasteiger partial charge is 0.255 e. The highest BCUT2D eigenvalue weighted by atomic mass is 16.1. The van der Waals surface area contributed by atoms with Crippen molar-refractivity contribution in [3.05, 3.63) is 51.6 Å². The number of likely N-dealkylation sites (tertiary alicyclic amines) is 1. The van der Waals surface area contributed by atoms with Crippen molar-refractivity contribution in [1.82, 2.24) is 9.97 Å². The number of rotatable bonds is 4. The van der Waals surface area contributed by atoms with Gasteiger partial charge in [0.2, 0.25) is 0 Å². The maximum atomic E-state index is 13.1. The summed E-state index contributed by atoms with van der Waals surface area (Å²) in [5, 5.41) is 0. The zero-order valence-corrected chi connectivity index (χ0v) is 15.3. The fraction of sp³-hybridized carbons (Fsp3) is 0.524. The van der Waals surface area contributed by atoms with E-state index in [1.807, 2.05) is 0 Å². The summed E-state index contributed by atoms with van der Waals surface area (Å²) < 4.78 is 0. The second-order valence-electron chi connectivity index (χ2n) is 7.69. The molecule has 0 radical (unpaired) electrons. The molecule has 0 amide bonds. The zero-order chi connectivity index (χ0) is 17.4. The van der Waals surface area contributed by atoms with Gasteiger partial charge >= 0.3 is 0 Å². The molecular formula is C21H28N3O+. The monoisotopic (exact) mass is 338 g/mol. The molecule has 1 saturated heterocycles. The third-order valence-electron chi connectivity index (χ3n) is 6.38. The summed E-state index contributed by atoms with van der Waals surface area (Å²) in [6, 6.07) is 8.49. The first-order valence-corrected chi connectivity index (χ1v) is 9.72. The van der Waals surface area contributed by atoms with Crippen molar-refractivity contribution in [3.8, 4) is 11.3 Å². The number of aromatic amines is 1. The molecule has 2 heterocycles. The molecule has 4 heteroatoms. The molecule has 1 aromatic carbocycles. The Hall–Kier alpha value is -1.94. The van der Waals surface area contributed by atoms with E-state index < -0.39 is 0 Å². The number of aromatic nitrogens is 2. The Morgan fingerprint density at radius 3 is 2.60 bits per heavy atom. The van der Waals surface area contributed by atoms with Crippen LogP contribution in [-0.2, 0) is 18.4 Å². The first kappa shape index (κ1) is 16.5. The van der Waals surface area contributed by atoms with Crippen LogP contribution in [-0.4, -0.2) is 23.1 Å². The van der Waals surface area contributed by atoms with E-state index in [4.69, 9.17) is 4.98 Å². The molecule has 1 fully saturated rings. The van der Waals surface area contributed by atoms with Crippen molar-refractivity contribution >= 4 is 0 Å². The fourth-order valence-electron chi connectivity index (χ4n) is 4.79. The Morgan fingerprint density at radius 1 is 1.16 bits per heavy atom. The maximum absolute atomic E-state index is 13.1. The van der Waals surface area contributed by atoms with E-state index in [-0.39, 0.29) is 11.0 Å². The van der Waals surface area contributed by atoms with Gasteiger partial charge in [0.05, 0.1) is 24.3 Å². The average Bonchev–Trinajstić information content (AvgIpc) is 3.13. The standard InChI is InChI=1S/C21H27N3O/c1-3-21(4-2)13-15-9-5-6-10-16(15)19-18(21)20(25)23-17(22-19)14-24-11-7-8-12-24/h5-6,9-10H,3-4,7-8,11-14H2,1-2H3,(H,22,23,25)/p+1.